The summed E-state index contributed by atoms with van der Waals surface area (Å²) in [5.41, 5.74) is 3.06. The summed E-state index contributed by atoms with van der Waals surface area (Å²) >= 11 is 0. The zero-order valence-electron chi connectivity index (χ0n) is 18.9. The fourth-order valence-corrected chi connectivity index (χ4v) is 5.34. The molecular formula is C26H27FN4O2. The summed E-state index contributed by atoms with van der Waals surface area (Å²) in [6.45, 7) is 3.76. The van der Waals surface area contributed by atoms with Gasteiger partial charge in [-0.1, -0.05) is 12.1 Å². The van der Waals surface area contributed by atoms with Gasteiger partial charge in [-0.3, -0.25) is 9.88 Å². The van der Waals surface area contributed by atoms with Gasteiger partial charge in [0, 0.05) is 29.4 Å². The molecule has 33 heavy (non-hydrogen) atoms. The van der Waals surface area contributed by atoms with E-state index in [1.54, 1.807) is 6.20 Å². The van der Waals surface area contributed by atoms with E-state index in [9.17, 15) is 0 Å². The summed E-state index contributed by atoms with van der Waals surface area (Å²) in [6, 6.07) is 8.08. The van der Waals surface area contributed by atoms with Crippen LogP contribution in [0.5, 0.6) is 11.6 Å². The Bertz CT molecular complexity index is 1350. The SMILES string of the molecule is C[C@H](Oc1nc2c(F)c(-c3cccc4c3OCCC4)ncc2c2[nH]ccc12)[C@@H]1CCCN1C. The smallest absolute Gasteiger partial charge is 0.223 e. The van der Waals surface area contributed by atoms with E-state index in [0.29, 0.717) is 29.5 Å². The third-order valence-corrected chi connectivity index (χ3v) is 7.06. The molecule has 5 heterocycles. The zero-order chi connectivity index (χ0) is 22.5. The number of likely N-dealkylation sites (N-methyl/N-ethyl adjacent to an activating group) is 1. The lowest BCUT2D eigenvalue weighted by molar-refractivity contribution is 0.119. The fourth-order valence-electron chi connectivity index (χ4n) is 5.34. The number of rotatable bonds is 4. The molecule has 1 fully saturated rings. The number of nitrogens with one attached hydrogen (secondary N) is 1. The molecule has 0 spiro atoms. The third kappa shape index (κ3) is 3.33. The van der Waals surface area contributed by atoms with Gasteiger partial charge in [-0.2, -0.15) is 0 Å². The highest BCUT2D eigenvalue weighted by Gasteiger charge is 2.29. The van der Waals surface area contributed by atoms with Crippen molar-refractivity contribution in [2.24, 2.45) is 0 Å². The van der Waals surface area contributed by atoms with Crippen LogP contribution >= 0.6 is 0 Å². The molecule has 1 aromatic carbocycles. The highest BCUT2D eigenvalue weighted by Crippen LogP contribution is 2.39. The molecule has 0 saturated carbocycles. The number of hydrogen-bond donors (Lipinski definition) is 1. The quantitative estimate of drug-likeness (QED) is 0.472. The molecule has 0 radical (unpaired) electrons. The molecule has 2 aliphatic rings. The number of benzene rings is 1. The standard InChI is InChI=1S/C26H27FN4O2/c1-15(20-9-4-12-31(20)2)33-26-18-10-11-28-22(18)19-14-29-23(21(27)24(19)30-26)17-8-3-6-16-7-5-13-32-25(16)17/h3,6,8,10-11,14-15,20,28H,4-5,7,9,12-13H2,1-2H3/t15-,20-/m0/s1. The van der Waals surface area contributed by atoms with Gasteiger partial charge in [0.2, 0.25) is 5.88 Å². The van der Waals surface area contributed by atoms with Gasteiger partial charge in [0.1, 0.15) is 23.1 Å². The number of fused-ring (bicyclic) bond motifs is 4. The van der Waals surface area contributed by atoms with Gasteiger partial charge in [0.05, 0.1) is 17.5 Å². The fraction of sp³-hybridized carbons (Fsp3) is 0.385. The number of H-pyrrole nitrogens is 1. The van der Waals surface area contributed by atoms with Gasteiger partial charge >= 0.3 is 0 Å². The van der Waals surface area contributed by atoms with Crippen LogP contribution in [0.3, 0.4) is 0 Å². The van der Waals surface area contributed by atoms with E-state index in [1.165, 1.54) is 0 Å². The highest BCUT2D eigenvalue weighted by atomic mass is 19.1. The molecule has 0 bridgehead atoms. The van der Waals surface area contributed by atoms with Crippen LogP contribution in [0, 0.1) is 5.82 Å². The summed E-state index contributed by atoms with van der Waals surface area (Å²) in [6.07, 6.45) is 7.60. The van der Waals surface area contributed by atoms with Crippen LogP contribution in [0.4, 0.5) is 4.39 Å². The van der Waals surface area contributed by atoms with Gasteiger partial charge in [0.15, 0.2) is 5.82 Å². The van der Waals surface area contributed by atoms with Crippen molar-refractivity contribution < 1.29 is 13.9 Å². The Hall–Kier alpha value is -3.19. The first-order valence-corrected chi connectivity index (χ1v) is 11.7. The number of aromatic amines is 1. The van der Waals surface area contributed by atoms with Crippen LogP contribution in [0.2, 0.25) is 0 Å². The van der Waals surface area contributed by atoms with Crippen molar-refractivity contribution in [2.45, 2.75) is 44.8 Å². The average molecular weight is 447 g/mol. The Labute approximate surface area is 191 Å². The lowest BCUT2D eigenvalue weighted by atomic mass is 9.99. The molecule has 1 N–H and O–H groups in total. The number of nitrogens with zero attached hydrogens (tertiary/aromatic N) is 3. The first kappa shape index (κ1) is 20.4. The van der Waals surface area contributed by atoms with Crippen molar-refractivity contribution >= 4 is 21.8 Å². The van der Waals surface area contributed by atoms with E-state index >= 15 is 4.39 Å². The molecule has 3 aromatic heterocycles. The van der Waals surface area contributed by atoms with E-state index in [2.05, 4.69) is 28.8 Å². The van der Waals surface area contributed by atoms with Gasteiger partial charge < -0.3 is 14.5 Å². The minimum atomic E-state index is -0.456. The Morgan fingerprint density at radius 3 is 3.00 bits per heavy atom. The normalized spacial score (nSPS) is 19.5. The molecule has 0 amide bonds. The summed E-state index contributed by atoms with van der Waals surface area (Å²) in [7, 11) is 2.12. The van der Waals surface area contributed by atoms with Crippen LogP contribution in [-0.2, 0) is 6.42 Å². The number of para-hydroxylation sites is 1. The van der Waals surface area contributed by atoms with Gasteiger partial charge in [-0.05, 0) is 63.9 Å². The molecule has 0 aliphatic carbocycles. The number of aromatic nitrogens is 3. The van der Waals surface area contributed by atoms with Crippen molar-refractivity contribution in [1.82, 2.24) is 19.9 Å². The Balaban J connectivity index is 1.48. The Morgan fingerprint density at radius 2 is 2.15 bits per heavy atom. The second-order valence-corrected chi connectivity index (χ2v) is 9.13. The molecule has 6 rings (SSSR count). The largest absolute Gasteiger partial charge is 0.493 e. The first-order chi connectivity index (χ1) is 16.1. The molecule has 6 nitrogen and oxygen atoms in total. The van der Waals surface area contributed by atoms with Crippen molar-refractivity contribution in [3.63, 3.8) is 0 Å². The molecular weight excluding hydrogens is 419 g/mol. The maximum atomic E-state index is 16.0. The second kappa shape index (κ2) is 7.99. The zero-order valence-corrected chi connectivity index (χ0v) is 18.9. The first-order valence-electron chi connectivity index (χ1n) is 11.7. The van der Waals surface area contributed by atoms with E-state index < -0.39 is 5.82 Å². The Kier molecular flexibility index (Phi) is 4.94. The maximum Gasteiger partial charge on any atom is 0.223 e. The van der Waals surface area contributed by atoms with Gasteiger partial charge in [-0.15, -0.1) is 0 Å². The van der Waals surface area contributed by atoms with Gasteiger partial charge in [0.25, 0.3) is 0 Å². The number of pyridine rings is 2. The lowest BCUT2D eigenvalue weighted by Gasteiger charge is -2.26. The molecule has 0 unspecified atom stereocenters. The maximum absolute atomic E-state index is 16.0. The van der Waals surface area contributed by atoms with Crippen molar-refractivity contribution in [2.75, 3.05) is 20.2 Å². The van der Waals surface area contributed by atoms with E-state index in [-0.39, 0.29) is 17.3 Å². The average Bonchev–Trinajstić information content (AvgIpc) is 3.49. The molecule has 1 saturated heterocycles. The molecule has 170 valence electrons. The van der Waals surface area contributed by atoms with Crippen molar-refractivity contribution in [1.29, 1.82) is 0 Å². The van der Waals surface area contributed by atoms with E-state index in [0.717, 1.165) is 54.4 Å². The van der Waals surface area contributed by atoms with Crippen LogP contribution in [0.15, 0.2) is 36.7 Å². The number of hydrogen-bond acceptors (Lipinski definition) is 5. The molecule has 4 aromatic rings. The predicted octanol–water partition coefficient (Wildman–Crippen LogP) is 5.10. The number of halogens is 1. The summed E-state index contributed by atoms with van der Waals surface area (Å²) < 4.78 is 28.3. The molecule has 2 aliphatic heterocycles. The highest BCUT2D eigenvalue weighted by molar-refractivity contribution is 6.06. The summed E-state index contributed by atoms with van der Waals surface area (Å²) in [5.74, 6) is 0.723. The van der Waals surface area contributed by atoms with Crippen molar-refractivity contribution in [3.05, 3.63) is 48.0 Å². The topological polar surface area (TPSA) is 63.3 Å². The third-order valence-electron chi connectivity index (χ3n) is 7.06. The van der Waals surface area contributed by atoms with Crippen LogP contribution < -0.4 is 9.47 Å². The van der Waals surface area contributed by atoms with Crippen LogP contribution in [-0.4, -0.2) is 52.2 Å². The monoisotopic (exact) mass is 446 g/mol. The van der Waals surface area contributed by atoms with Gasteiger partial charge in [-0.25, -0.2) is 9.37 Å². The minimum absolute atomic E-state index is 0.0561. The summed E-state index contributed by atoms with van der Waals surface area (Å²) in [5, 5.41) is 1.48. The number of likely N-dealkylation sites (tertiary alicyclic amines) is 1. The number of ether oxygens (including phenoxy) is 2. The summed E-state index contributed by atoms with van der Waals surface area (Å²) in [4.78, 5) is 14.8. The minimum Gasteiger partial charge on any atom is -0.493 e. The second-order valence-electron chi connectivity index (χ2n) is 9.13. The molecule has 7 heteroatoms. The Morgan fingerprint density at radius 1 is 1.24 bits per heavy atom. The number of aryl methyl sites for hydroxylation is 1. The van der Waals surface area contributed by atoms with E-state index in [1.807, 2.05) is 30.5 Å². The van der Waals surface area contributed by atoms with Crippen LogP contribution in [0.25, 0.3) is 33.1 Å². The van der Waals surface area contributed by atoms with E-state index in [4.69, 9.17) is 14.5 Å². The lowest BCUT2D eigenvalue weighted by Crippen LogP contribution is -2.38. The van der Waals surface area contributed by atoms with Crippen molar-refractivity contribution in [3.8, 4) is 22.9 Å². The molecule has 2 atom stereocenters. The van der Waals surface area contributed by atoms with Crippen LogP contribution in [0.1, 0.15) is 31.7 Å². The predicted molar refractivity (Wildman–Crippen MR) is 126 cm³/mol.